The average Bonchev–Trinajstić information content (AvgIpc) is 2.61. The van der Waals surface area contributed by atoms with Crippen LogP contribution in [0.5, 0.6) is 5.75 Å². The summed E-state index contributed by atoms with van der Waals surface area (Å²) in [5, 5.41) is 2.66. The molecule has 1 amide bonds. The first-order valence-corrected chi connectivity index (χ1v) is 8.55. The molecule has 0 aliphatic carbocycles. The predicted molar refractivity (Wildman–Crippen MR) is 100 cm³/mol. The maximum atomic E-state index is 14.5. The molecule has 26 heavy (non-hydrogen) atoms. The monoisotopic (exact) mass is 357 g/mol. The molecule has 0 aliphatic heterocycles. The molecule has 0 spiro atoms. The van der Waals surface area contributed by atoms with Gasteiger partial charge >= 0.3 is 0 Å². The molecule has 5 nitrogen and oxygen atoms in total. The van der Waals surface area contributed by atoms with Crippen molar-refractivity contribution < 1.29 is 13.9 Å². The minimum atomic E-state index is -0.464. The lowest BCUT2D eigenvalue weighted by molar-refractivity contribution is 0.0951. The maximum Gasteiger partial charge on any atom is 0.255 e. The number of halogens is 1. The van der Waals surface area contributed by atoms with Crippen LogP contribution in [0.15, 0.2) is 42.5 Å². The molecule has 2 rings (SSSR count). The Morgan fingerprint density at radius 1 is 1.35 bits per heavy atom. The van der Waals surface area contributed by atoms with Gasteiger partial charge < -0.3 is 15.8 Å². The molecule has 0 saturated carbocycles. The van der Waals surface area contributed by atoms with Crippen LogP contribution in [-0.2, 0) is 6.54 Å². The SMILES string of the molecule is CC=CCCCOc1cccc(CNC(=O)c2ccc(C)nc2N)c1F. The third-order valence-electron chi connectivity index (χ3n) is 3.80. The van der Waals surface area contributed by atoms with Gasteiger partial charge in [-0.3, -0.25) is 4.79 Å². The van der Waals surface area contributed by atoms with E-state index in [0.717, 1.165) is 18.5 Å². The van der Waals surface area contributed by atoms with Crippen LogP contribution in [0.3, 0.4) is 0 Å². The van der Waals surface area contributed by atoms with E-state index in [2.05, 4.69) is 10.3 Å². The molecular formula is C20H24FN3O2. The van der Waals surface area contributed by atoms with Crippen molar-refractivity contribution in [2.45, 2.75) is 33.2 Å². The molecular weight excluding hydrogens is 333 g/mol. The molecule has 0 unspecified atom stereocenters. The Hall–Kier alpha value is -2.89. The number of aryl methyl sites for hydroxylation is 1. The average molecular weight is 357 g/mol. The number of hydrogen-bond donors (Lipinski definition) is 2. The molecule has 0 radical (unpaired) electrons. The summed E-state index contributed by atoms with van der Waals surface area (Å²) in [6, 6.07) is 8.20. The van der Waals surface area contributed by atoms with Crippen LogP contribution in [0.2, 0.25) is 0 Å². The fraction of sp³-hybridized carbons (Fsp3) is 0.300. The van der Waals surface area contributed by atoms with Crippen molar-refractivity contribution in [2.75, 3.05) is 12.3 Å². The zero-order valence-electron chi connectivity index (χ0n) is 15.1. The molecule has 0 bridgehead atoms. The highest BCUT2D eigenvalue weighted by molar-refractivity contribution is 5.98. The summed E-state index contributed by atoms with van der Waals surface area (Å²) in [4.78, 5) is 16.3. The molecule has 0 saturated heterocycles. The number of pyridine rings is 1. The van der Waals surface area contributed by atoms with Gasteiger partial charge in [0.05, 0.1) is 12.2 Å². The molecule has 0 aliphatic rings. The van der Waals surface area contributed by atoms with E-state index in [0.29, 0.717) is 12.2 Å². The largest absolute Gasteiger partial charge is 0.490 e. The second kappa shape index (κ2) is 9.56. The summed E-state index contributed by atoms with van der Waals surface area (Å²) >= 11 is 0. The van der Waals surface area contributed by atoms with Gasteiger partial charge in [0.1, 0.15) is 5.82 Å². The number of nitrogen functional groups attached to an aromatic ring is 1. The number of unbranched alkanes of at least 4 members (excludes halogenated alkanes) is 1. The summed E-state index contributed by atoms with van der Waals surface area (Å²) in [6.45, 7) is 4.21. The quantitative estimate of drug-likeness (QED) is 0.557. The first-order valence-electron chi connectivity index (χ1n) is 8.55. The van der Waals surface area contributed by atoms with E-state index in [9.17, 15) is 9.18 Å². The van der Waals surface area contributed by atoms with Crippen LogP contribution < -0.4 is 15.8 Å². The van der Waals surface area contributed by atoms with Gasteiger partial charge in [0.25, 0.3) is 5.91 Å². The van der Waals surface area contributed by atoms with Gasteiger partial charge in [-0.25, -0.2) is 9.37 Å². The van der Waals surface area contributed by atoms with Crippen molar-refractivity contribution in [1.82, 2.24) is 10.3 Å². The number of rotatable bonds is 8. The number of carbonyl (C=O) groups is 1. The summed E-state index contributed by atoms with van der Waals surface area (Å²) in [7, 11) is 0. The van der Waals surface area contributed by atoms with E-state index in [4.69, 9.17) is 10.5 Å². The zero-order chi connectivity index (χ0) is 18.9. The van der Waals surface area contributed by atoms with Crippen LogP contribution in [0.1, 0.15) is 41.4 Å². The fourth-order valence-electron chi connectivity index (χ4n) is 2.39. The van der Waals surface area contributed by atoms with Gasteiger partial charge in [-0.15, -0.1) is 0 Å². The van der Waals surface area contributed by atoms with Crippen molar-refractivity contribution >= 4 is 11.7 Å². The first-order chi connectivity index (χ1) is 12.5. The third-order valence-corrected chi connectivity index (χ3v) is 3.80. The molecule has 1 heterocycles. The van der Waals surface area contributed by atoms with E-state index in [1.54, 1.807) is 37.3 Å². The van der Waals surface area contributed by atoms with Crippen LogP contribution in [0.4, 0.5) is 10.2 Å². The Bertz CT molecular complexity index is 791. The number of anilines is 1. The van der Waals surface area contributed by atoms with E-state index in [1.165, 1.54) is 0 Å². The summed E-state index contributed by atoms with van der Waals surface area (Å²) < 4.78 is 20.0. The van der Waals surface area contributed by atoms with Crippen LogP contribution >= 0.6 is 0 Å². The van der Waals surface area contributed by atoms with Crippen LogP contribution in [0, 0.1) is 12.7 Å². The number of hydrogen-bond acceptors (Lipinski definition) is 4. The lowest BCUT2D eigenvalue weighted by Gasteiger charge is -2.11. The normalized spacial score (nSPS) is 10.9. The van der Waals surface area contributed by atoms with E-state index < -0.39 is 11.7 Å². The van der Waals surface area contributed by atoms with Crippen molar-refractivity contribution in [1.29, 1.82) is 0 Å². The Balaban J connectivity index is 1.96. The number of aromatic nitrogens is 1. The number of nitrogens with one attached hydrogen (secondary N) is 1. The molecule has 6 heteroatoms. The molecule has 1 aromatic heterocycles. The summed E-state index contributed by atoms with van der Waals surface area (Å²) in [6.07, 6.45) is 5.71. The van der Waals surface area contributed by atoms with Gasteiger partial charge in [0.2, 0.25) is 0 Å². The molecule has 2 aromatic rings. The molecule has 1 aromatic carbocycles. The second-order valence-corrected chi connectivity index (χ2v) is 5.86. The standard InChI is InChI=1S/C20H24FN3O2/c1-3-4-5-6-12-26-17-9-7-8-15(18(17)21)13-23-20(25)16-11-10-14(2)24-19(16)22/h3-4,7-11H,5-6,12-13H2,1-2H3,(H2,22,24)(H,23,25). The lowest BCUT2D eigenvalue weighted by atomic mass is 10.1. The van der Waals surface area contributed by atoms with E-state index in [-0.39, 0.29) is 23.7 Å². The topological polar surface area (TPSA) is 77.2 Å². The number of ether oxygens (including phenoxy) is 1. The summed E-state index contributed by atoms with van der Waals surface area (Å²) in [5.74, 6) is -0.518. The number of allylic oxidation sites excluding steroid dienone is 2. The van der Waals surface area contributed by atoms with Gasteiger partial charge in [0.15, 0.2) is 11.6 Å². The van der Waals surface area contributed by atoms with Crippen molar-refractivity contribution in [3.8, 4) is 5.75 Å². The second-order valence-electron chi connectivity index (χ2n) is 5.86. The highest BCUT2D eigenvalue weighted by Gasteiger charge is 2.13. The van der Waals surface area contributed by atoms with Gasteiger partial charge in [-0.05, 0) is 44.9 Å². The highest BCUT2D eigenvalue weighted by Crippen LogP contribution is 2.21. The van der Waals surface area contributed by atoms with Gasteiger partial charge in [-0.2, -0.15) is 0 Å². The van der Waals surface area contributed by atoms with Crippen molar-refractivity contribution in [2.24, 2.45) is 0 Å². The number of nitrogens with two attached hydrogens (primary N) is 1. The molecule has 3 N–H and O–H groups in total. The number of amides is 1. The lowest BCUT2D eigenvalue weighted by Crippen LogP contribution is -2.24. The minimum Gasteiger partial charge on any atom is -0.490 e. The molecule has 0 fully saturated rings. The number of nitrogens with zero attached hydrogens (tertiary/aromatic N) is 1. The van der Waals surface area contributed by atoms with Crippen LogP contribution in [-0.4, -0.2) is 17.5 Å². The van der Waals surface area contributed by atoms with Gasteiger partial charge in [-0.1, -0.05) is 24.3 Å². The Morgan fingerprint density at radius 2 is 2.15 bits per heavy atom. The third kappa shape index (κ3) is 5.31. The highest BCUT2D eigenvalue weighted by atomic mass is 19.1. The van der Waals surface area contributed by atoms with Crippen LogP contribution in [0.25, 0.3) is 0 Å². The fourth-order valence-corrected chi connectivity index (χ4v) is 2.39. The molecule has 0 atom stereocenters. The first kappa shape index (κ1) is 19.4. The Labute approximate surface area is 153 Å². The zero-order valence-corrected chi connectivity index (χ0v) is 15.1. The summed E-state index contributed by atoms with van der Waals surface area (Å²) in [5.41, 5.74) is 7.11. The maximum absolute atomic E-state index is 14.5. The molecule has 138 valence electrons. The van der Waals surface area contributed by atoms with E-state index in [1.807, 2.05) is 19.1 Å². The van der Waals surface area contributed by atoms with Gasteiger partial charge in [0, 0.05) is 17.8 Å². The Morgan fingerprint density at radius 3 is 2.88 bits per heavy atom. The number of carbonyl (C=O) groups excluding carboxylic acids is 1. The van der Waals surface area contributed by atoms with Crippen molar-refractivity contribution in [3.63, 3.8) is 0 Å². The number of benzene rings is 1. The van der Waals surface area contributed by atoms with E-state index >= 15 is 0 Å². The smallest absolute Gasteiger partial charge is 0.255 e. The Kier molecular flexibility index (Phi) is 7.14. The van der Waals surface area contributed by atoms with Crippen molar-refractivity contribution in [3.05, 3.63) is 65.1 Å². The predicted octanol–water partition coefficient (Wildman–Crippen LogP) is 3.78. The minimum absolute atomic E-state index is 0.0355.